The third-order valence-electron chi connectivity index (χ3n) is 4.34. The number of nitrogens with zero attached hydrogens (tertiary/aromatic N) is 2. The Bertz CT molecular complexity index is 753. The van der Waals surface area contributed by atoms with E-state index in [0.29, 0.717) is 41.4 Å². The number of morpholine rings is 1. The van der Waals surface area contributed by atoms with Crippen LogP contribution < -0.4 is 0 Å². The smallest absolute Gasteiger partial charge is 0.276 e. The third-order valence-corrected chi connectivity index (χ3v) is 4.77. The number of hydrogen-bond acceptors (Lipinski definition) is 4. The first-order chi connectivity index (χ1) is 11.6. The number of benzene rings is 1. The van der Waals surface area contributed by atoms with E-state index in [4.69, 9.17) is 32.5 Å². The van der Waals surface area contributed by atoms with Gasteiger partial charge in [-0.15, -0.1) is 0 Å². The molecule has 4 rings (SSSR count). The SMILES string of the molecule is O=C(c1cc(C2CC2)on1)N1CCOC(c2cc(Cl)cc(Cl)c2)C1. The van der Waals surface area contributed by atoms with E-state index >= 15 is 0 Å². The quantitative estimate of drug-likeness (QED) is 0.821. The molecule has 1 amide bonds. The first-order valence-corrected chi connectivity index (χ1v) is 8.69. The molecule has 1 aromatic heterocycles. The molecule has 1 saturated heterocycles. The summed E-state index contributed by atoms with van der Waals surface area (Å²) < 4.78 is 11.1. The van der Waals surface area contributed by atoms with E-state index in [1.54, 1.807) is 17.0 Å². The first-order valence-electron chi connectivity index (χ1n) is 7.93. The number of carbonyl (C=O) groups excluding carboxylic acids is 1. The van der Waals surface area contributed by atoms with E-state index in [-0.39, 0.29) is 12.0 Å². The Morgan fingerprint density at radius 3 is 2.62 bits per heavy atom. The average Bonchev–Trinajstić information content (AvgIpc) is 3.31. The third kappa shape index (κ3) is 3.29. The molecular weight excluding hydrogens is 351 g/mol. The van der Waals surface area contributed by atoms with E-state index in [2.05, 4.69) is 5.16 Å². The van der Waals surface area contributed by atoms with Crippen LogP contribution >= 0.6 is 23.2 Å². The molecule has 24 heavy (non-hydrogen) atoms. The van der Waals surface area contributed by atoms with Gasteiger partial charge in [-0.3, -0.25) is 4.79 Å². The summed E-state index contributed by atoms with van der Waals surface area (Å²) in [7, 11) is 0. The summed E-state index contributed by atoms with van der Waals surface area (Å²) in [6, 6.07) is 7.06. The summed E-state index contributed by atoms with van der Waals surface area (Å²) in [5, 5.41) is 5.03. The minimum atomic E-state index is -0.256. The van der Waals surface area contributed by atoms with Gasteiger partial charge in [0.2, 0.25) is 0 Å². The highest BCUT2D eigenvalue weighted by molar-refractivity contribution is 6.34. The second-order valence-electron chi connectivity index (χ2n) is 6.20. The minimum absolute atomic E-state index is 0.132. The lowest BCUT2D eigenvalue weighted by Gasteiger charge is -2.32. The standard InChI is InChI=1S/C17H16Cl2N2O3/c18-12-5-11(6-13(19)7-12)16-9-21(3-4-23-16)17(22)14-8-15(24-20-14)10-1-2-10/h5-8,10,16H,1-4,9H2. The Balaban J connectivity index is 1.50. The van der Waals surface area contributed by atoms with E-state index in [1.807, 2.05) is 12.1 Å². The number of hydrogen-bond donors (Lipinski definition) is 0. The second-order valence-corrected chi connectivity index (χ2v) is 7.08. The molecule has 2 aromatic rings. The molecule has 5 nitrogen and oxygen atoms in total. The monoisotopic (exact) mass is 366 g/mol. The van der Waals surface area contributed by atoms with Gasteiger partial charge in [-0.25, -0.2) is 0 Å². The van der Waals surface area contributed by atoms with Gasteiger partial charge in [0.1, 0.15) is 11.9 Å². The van der Waals surface area contributed by atoms with Gasteiger partial charge in [0.25, 0.3) is 5.91 Å². The summed E-state index contributed by atoms with van der Waals surface area (Å²) in [4.78, 5) is 14.4. The van der Waals surface area contributed by atoms with Gasteiger partial charge in [0, 0.05) is 28.6 Å². The maximum atomic E-state index is 12.7. The van der Waals surface area contributed by atoms with Crippen molar-refractivity contribution in [3.63, 3.8) is 0 Å². The van der Waals surface area contributed by atoms with Crippen LogP contribution in [-0.2, 0) is 4.74 Å². The summed E-state index contributed by atoms with van der Waals surface area (Å²) in [5.74, 6) is 1.11. The summed E-state index contributed by atoms with van der Waals surface area (Å²) in [6.07, 6.45) is 1.96. The van der Waals surface area contributed by atoms with Crippen LogP contribution in [0, 0.1) is 0 Å². The topological polar surface area (TPSA) is 55.6 Å². The Kier molecular flexibility index (Phi) is 4.24. The van der Waals surface area contributed by atoms with Gasteiger partial charge in [0.05, 0.1) is 13.2 Å². The zero-order valence-electron chi connectivity index (χ0n) is 12.9. The molecule has 0 bridgehead atoms. The highest BCUT2D eigenvalue weighted by Crippen LogP contribution is 2.40. The normalized spacial score (nSPS) is 21.1. The molecule has 2 heterocycles. The lowest BCUT2D eigenvalue weighted by Crippen LogP contribution is -2.42. The van der Waals surface area contributed by atoms with E-state index in [1.165, 1.54) is 0 Å². The van der Waals surface area contributed by atoms with Crippen LogP contribution in [0.1, 0.15) is 46.7 Å². The molecule has 1 aliphatic heterocycles. The Labute approximate surface area is 149 Å². The van der Waals surface area contributed by atoms with Gasteiger partial charge in [-0.05, 0) is 36.6 Å². The fourth-order valence-corrected chi connectivity index (χ4v) is 3.45. The van der Waals surface area contributed by atoms with Crippen LogP contribution in [0.5, 0.6) is 0 Å². The van der Waals surface area contributed by atoms with Crippen LogP contribution in [-0.4, -0.2) is 35.7 Å². The van der Waals surface area contributed by atoms with Crippen LogP contribution in [0.25, 0.3) is 0 Å². The van der Waals surface area contributed by atoms with Crippen molar-refractivity contribution in [1.82, 2.24) is 10.1 Å². The zero-order valence-corrected chi connectivity index (χ0v) is 14.4. The van der Waals surface area contributed by atoms with Crippen molar-refractivity contribution in [2.75, 3.05) is 19.7 Å². The van der Waals surface area contributed by atoms with Crippen molar-refractivity contribution in [2.45, 2.75) is 24.9 Å². The molecule has 1 aromatic carbocycles. The van der Waals surface area contributed by atoms with Crippen molar-refractivity contribution in [3.8, 4) is 0 Å². The predicted octanol–water partition coefficient (Wildman–Crippen LogP) is 4.07. The molecule has 1 aliphatic carbocycles. The molecule has 1 atom stereocenters. The van der Waals surface area contributed by atoms with Crippen LogP contribution in [0.4, 0.5) is 0 Å². The number of ether oxygens (including phenoxy) is 1. The van der Waals surface area contributed by atoms with Crippen molar-refractivity contribution < 1.29 is 14.1 Å². The van der Waals surface area contributed by atoms with Crippen LogP contribution in [0.2, 0.25) is 10.0 Å². The molecule has 7 heteroatoms. The van der Waals surface area contributed by atoms with E-state index in [0.717, 1.165) is 24.2 Å². The lowest BCUT2D eigenvalue weighted by atomic mass is 10.1. The van der Waals surface area contributed by atoms with Crippen LogP contribution in [0.15, 0.2) is 28.8 Å². The number of halogens is 2. The average molecular weight is 367 g/mol. The Morgan fingerprint density at radius 1 is 1.17 bits per heavy atom. The molecule has 0 N–H and O–H groups in total. The number of amides is 1. The maximum Gasteiger partial charge on any atom is 0.276 e. The molecule has 2 fully saturated rings. The molecule has 1 unspecified atom stereocenters. The van der Waals surface area contributed by atoms with Crippen molar-refractivity contribution in [1.29, 1.82) is 0 Å². The number of rotatable bonds is 3. The predicted molar refractivity (Wildman–Crippen MR) is 89.5 cm³/mol. The van der Waals surface area contributed by atoms with Crippen molar-refractivity contribution in [2.24, 2.45) is 0 Å². The molecule has 0 spiro atoms. The lowest BCUT2D eigenvalue weighted by molar-refractivity contribution is -0.0231. The minimum Gasteiger partial charge on any atom is -0.370 e. The van der Waals surface area contributed by atoms with E-state index in [9.17, 15) is 4.79 Å². The van der Waals surface area contributed by atoms with E-state index < -0.39 is 0 Å². The molecule has 0 radical (unpaired) electrons. The van der Waals surface area contributed by atoms with Gasteiger partial charge >= 0.3 is 0 Å². The fourth-order valence-electron chi connectivity index (χ4n) is 2.91. The Hall–Kier alpha value is -1.56. The second kappa shape index (κ2) is 6.39. The van der Waals surface area contributed by atoms with Gasteiger partial charge in [-0.2, -0.15) is 0 Å². The Morgan fingerprint density at radius 2 is 1.92 bits per heavy atom. The summed E-state index contributed by atoms with van der Waals surface area (Å²) >= 11 is 12.1. The molecule has 126 valence electrons. The number of carbonyl (C=O) groups is 1. The highest BCUT2D eigenvalue weighted by atomic mass is 35.5. The first kappa shape index (κ1) is 15.9. The molecule has 2 aliphatic rings. The van der Waals surface area contributed by atoms with Gasteiger partial charge in [0.15, 0.2) is 5.69 Å². The van der Waals surface area contributed by atoms with Crippen molar-refractivity contribution >= 4 is 29.1 Å². The maximum absolute atomic E-state index is 12.7. The molecular formula is C17H16Cl2N2O3. The number of aromatic nitrogens is 1. The summed E-state index contributed by atoms with van der Waals surface area (Å²) in [6.45, 7) is 1.41. The van der Waals surface area contributed by atoms with Gasteiger partial charge < -0.3 is 14.2 Å². The van der Waals surface area contributed by atoms with Gasteiger partial charge in [-0.1, -0.05) is 28.4 Å². The van der Waals surface area contributed by atoms with Crippen molar-refractivity contribution in [3.05, 3.63) is 51.3 Å². The van der Waals surface area contributed by atoms with Crippen LogP contribution in [0.3, 0.4) is 0 Å². The largest absolute Gasteiger partial charge is 0.370 e. The summed E-state index contributed by atoms with van der Waals surface area (Å²) in [5.41, 5.74) is 1.23. The fraction of sp³-hybridized carbons (Fsp3) is 0.412. The zero-order chi connectivity index (χ0) is 16.7. The highest BCUT2D eigenvalue weighted by Gasteiger charge is 2.31. The molecule has 1 saturated carbocycles.